The minimum atomic E-state index is -3.80. The molecule has 0 bridgehead atoms. The van der Waals surface area contributed by atoms with Crippen molar-refractivity contribution in [2.24, 2.45) is 0 Å². The maximum absolute atomic E-state index is 13.0. The van der Waals surface area contributed by atoms with Crippen LogP contribution in [0, 0.1) is 0 Å². The smallest absolute Gasteiger partial charge is 0.343 e. The fourth-order valence-corrected chi connectivity index (χ4v) is 4.67. The van der Waals surface area contributed by atoms with Gasteiger partial charge in [0, 0.05) is 33.1 Å². The topological polar surface area (TPSA) is 93.2 Å². The Morgan fingerprint density at radius 1 is 0.968 bits per heavy atom. The van der Waals surface area contributed by atoms with Crippen LogP contribution in [0.5, 0.6) is 11.5 Å². The fourth-order valence-electron chi connectivity index (χ4n) is 3.20. The molecule has 0 aromatic heterocycles. The first-order valence-electron chi connectivity index (χ1n) is 10.1. The minimum absolute atomic E-state index is 0.00810. The molecule has 3 rings (SSSR count). The summed E-state index contributed by atoms with van der Waals surface area (Å²) in [7, 11) is -3.80. The lowest BCUT2D eigenvalue weighted by Gasteiger charge is -2.33. The Balaban J connectivity index is 1.76. The van der Waals surface area contributed by atoms with Gasteiger partial charge in [0.15, 0.2) is 11.5 Å². The maximum atomic E-state index is 13.0. The van der Waals surface area contributed by atoms with Crippen LogP contribution in [0.15, 0.2) is 53.4 Å². The molecule has 1 aliphatic rings. The van der Waals surface area contributed by atoms with Crippen LogP contribution >= 0.6 is 0 Å². The number of ether oxygens (including phenoxy) is 2. The van der Waals surface area contributed by atoms with E-state index in [9.17, 15) is 18.0 Å². The second kappa shape index (κ2) is 9.93. The predicted octanol–water partition coefficient (Wildman–Crippen LogP) is 2.55. The molecule has 0 unspecified atom stereocenters. The standard InChI is InChI=1S/C22H26N2O6S/c1-3-15-29-20-9-4-5-10-21(20)30-22(26)18-7-6-8-19(16-18)31(27,28)24-13-11-23(12-14-24)17(2)25/h4-10,16H,3,11-15H2,1-2H3. The highest BCUT2D eigenvalue weighted by Crippen LogP contribution is 2.28. The Labute approximate surface area is 182 Å². The van der Waals surface area contributed by atoms with Gasteiger partial charge in [-0.15, -0.1) is 0 Å². The van der Waals surface area contributed by atoms with Gasteiger partial charge in [0.05, 0.1) is 17.1 Å². The van der Waals surface area contributed by atoms with E-state index in [1.54, 1.807) is 29.2 Å². The van der Waals surface area contributed by atoms with Crippen molar-refractivity contribution in [3.8, 4) is 11.5 Å². The Kier molecular flexibility index (Phi) is 7.29. The molecule has 0 aliphatic carbocycles. The van der Waals surface area contributed by atoms with Crippen LogP contribution in [0.3, 0.4) is 0 Å². The lowest BCUT2D eigenvalue weighted by Crippen LogP contribution is -2.49. The Morgan fingerprint density at radius 2 is 1.65 bits per heavy atom. The number of benzene rings is 2. The van der Waals surface area contributed by atoms with E-state index in [1.807, 2.05) is 6.92 Å². The van der Waals surface area contributed by atoms with Crippen LogP contribution < -0.4 is 9.47 Å². The van der Waals surface area contributed by atoms with E-state index in [0.717, 1.165) is 6.42 Å². The molecule has 0 N–H and O–H groups in total. The van der Waals surface area contributed by atoms with Crippen molar-refractivity contribution in [1.29, 1.82) is 0 Å². The molecule has 0 spiro atoms. The van der Waals surface area contributed by atoms with Crippen molar-refractivity contribution in [1.82, 2.24) is 9.21 Å². The van der Waals surface area contributed by atoms with Gasteiger partial charge in [0.25, 0.3) is 0 Å². The summed E-state index contributed by atoms with van der Waals surface area (Å²) in [6.45, 7) is 5.01. The largest absolute Gasteiger partial charge is 0.490 e. The molecule has 8 nitrogen and oxygen atoms in total. The molecule has 31 heavy (non-hydrogen) atoms. The van der Waals surface area contributed by atoms with Crippen LogP contribution in [0.1, 0.15) is 30.6 Å². The maximum Gasteiger partial charge on any atom is 0.343 e. The molecule has 1 saturated heterocycles. The van der Waals surface area contributed by atoms with E-state index in [4.69, 9.17) is 9.47 Å². The fraction of sp³-hybridized carbons (Fsp3) is 0.364. The second-order valence-corrected chi connectivity index (χ2v) is 9.06. The van der Waals surface area contributed by atoms with E-state index in [2.05, 4.69) is 0 Å². The van der Waals surface area contributed by atoms with E-state index >= 15 is 0 Å². The van der Waals surface area contributed by atoms with E-state index < -0.39 is 16.0 Å². The number of rotatable bonds is 7. The monoisotopic (exact) mass is 446 g/mol. The van der Waals surface area contributed by atoms with Crippen molar-refractivity contribution in [2.45, 2.75) is 25.2 Å². The summed E-state index contributed by atoms with van der Waals surface area (Å²) in [6.07, 6.45) is 0.808. The van der Waals surface area contributed by atoms with Crippen LogP contribution in [0.2, 0.25) is 0 Å². The first-order valence-corrected chi connectivity index (χ1v) is 11.6. The average molecular weight is 447 g/mol. The van der Waals surface area contributed by atoms with Crippen molar-refractivity contribution in [3.63, 3.8) is 0 Å². The lowest BCUT2D eigenvalue weighted by atomic mass is 10.2. The van der Waals surface area contributed by atoms with E-state index in [0.29, 0.717) is 25.4 Å². The van der Waals surface area contributed by atoms with E-state index in [1.165, 1.54) is 35.5 Å². The number of piperazine rings is 1. The van der Waals surface area contributed by atoms with Gasteiger partial charge in [-0.3, -0.25) is 4.79 Å². The molecular formula is C22H26N2O6S. The number of nitrogens with zero attached hydrogens (tertiary/aromatic N) is 2. The number of amides is 1. The van der Waals surface area contributed by atoms with Gasteiger partial charge in [-0.2, -0.15) is 4.31 Å². The molecule has 1 fully saturated rings. The zero-order valence-electron chi connectivity index (χ0n) is 17.6. The molecule has 166 valence electrons. The molecule has 2 aromatic rings. The lowest BCUT2D eigenvalue weighted by molar-refractivity contribution is -0.129. The number of hydrogen-bond donors (Lipinski definition) is 0. The third-order valence-electron chi connectivity index (χ3n) is 4.90. The van der Waals surface area contributed by atoms with Crippen molar-refractivity contribution in [3.05, 3.63) is 54.1 Å². The molecule has 1 heterocycles. The van der Waals surface area contributed by atoms with Gasteiger partial charge in [-0.05, 0) is 36.8 Å². The third kappa shape index (κ3) is 5.42. The molecule has 2 aromatic carbocycles. The van der Waals surface area contributed by atoms with Gasteiger partial charge >= 0.3 is 5.97 Å². The first-order chi connectivity index (χ1) is 14.8. The van der Waals surface area contributed by atoms with Crippen LogP contribution in [-0.4, -0.2) is 62.3 Å². The van der Waals surface area contributed by atoms with Gasteiger partial charge in [0.2, 0.25) is 15.9 Å². The summed E-state index contributed by atoms with van der Waals surface area (Å²) >= 11 is 0. The molecule has 9 heteroatoms. The number of sulfonamides is 1. The Morgan fingerprint density at radius 3 is 2.29 bits per heavy atom. The highest BCUT2D eigenvalue weighted by atomic mass is 32.2. The minimum Gasteiger partial charge on any atom is -0.490 e. The van der Waals surface area contributed by atoms with Crippen LogP contribution in [-0.2, 0) is 14.8 Å². The second-order valence-electron chi connectivity index (χ2n) is 7.12. The summed E-state index contributed by atoms with van der Waals surface area (Å²) < 4.78 is 38.4. The van der Waals surface area contributed by atoms with Gasteiger partial charge < -0.3 is 14.4 Å². The highest BCUT2D eigenvalue weighted by molar-refractivity contribution is 7.89. The number of para-hydroxylation sites is 2. The van der Waals surface area contributed by atoms with Crippen molar-refractivity contribution < 1.29 is 27.5 Å². The normalized spacial score (nSPS) is 14.8. The average Bonchev–Trinajstić information content (AvgIpc) is 2.78. The highest BCUT2D eigenvalue weighted by Gasteiger charge is 2.29. The van der Waals surface area contributed by atoms with Gasteiger partial charge in [-0.1, -0.05) is 25.1 Å². The summed E-state index contributed by atoms with van der Waals surface area (Å²) in [5, 5.41) is 0. The Hall–Kier alpha value is -2.91. The van der Waals surface area contributed by atoms with Gasteiger partial charge in [-0.25, -0.2) is 13.2 Å². The predicted molar refractivity (Wildman–Crippen MR) is 115 cm³/mol. The number of hydrogen-bond acceptors (Lipinski definition) is 6. The zero-order chi connectivity index (χ0) is 22.4. The summed E-state index contributed by atoms with van der Waals surface area (Å²) in [4.78, 5) is 25.8. The van der Waals surface area contributed by atoms with E-state index in [-0.39, 0.29) is 35.2 Å². The zero-order valence-corrected chi connectivity index (χ0v) is 18.4. The third-order valence-corrected chi connectivity index (χ3v) is 6.80. The Bertz CT molecular complexity index is 1050. The summed E-state index contributed by atoms with van der Waals surface area (Å²) in [6, 6.07) is 12.6. The first kappa shape index (κ1) is 22.8. The molecule has 1 aliphatic heterocycles. The summed E-state index contributed by atoms with van der Waals surface area (Å²) in [5.74, 6) is -0.0321. The van der Waals surface area contributed by atoms with Crippen molar-refractivity contribution in [2.75, 3.05) is 32.8 Å². The van der Waals surface area contributed by atoms with Gasteiger partial charge in [0.1, 0.15) is 0 Å². The molecule has 0 saturated carbocycles. The summed E-state index contributed by atoms with van der Waals surface area (Å²) in [5.41, 5.74) is 0.119. The molecular weight excluding hydrogens is 420 g/mol. The number of esters is 1. The quantitative estimate of drug-likeness (QED) is 0.479. The van der Waals surface area contributed by atoms with Crippen LogP contribution in [0.25, 0.3) is 0 Å². The van der Waals surface area contributed by atoms with Crippen molar-refractivity contribution >= 4 is 21.9 Å². The number of carbonyl (C=O) groups is 2. The van der Waals surface area contributed by atoms with Crippen LogP contribution in [0.4, 0.5) is 0 Å². The SMILES string of the molecule is CCCOc1ccccc1OC(=O)c1cccc(S(=O)(=O)N2CCN(C(C)=O)CC2)c1. The molecule has 0 atom stereocenters. The molecule has 1 amide bonds. The number of carbonyl (C=O) groups excluding carboxylic acids is 2. The molecule has 0 radical (unpaired) electrons.